The van der Waals surface area contributed by atoms with Crippen molar-refractivity contribution in [1.29, 1.82) is 0 Å². The Morgan fingerprint density at radius 2 is 1.45 bits per heavy atom. The van der Waals surface area contributed by atoms with Gasteiger partial charge in [0, 0.05) is 0 Å². The Balaban J connectivity index is 2.94. The van der Waals surface area contributed by atoms with Crippen molar-refractivity contribution in [2.75, 3.05) is 0 Å². The fraction of sp³-hybridized carbons (Fsp3) is 0.333. The zero-order valence-corrected chi connectivity index (χ0v) is 10.2. The predicted octanol–water partition coefficient (Wildman–Crippen LogP) is 2.48. The topological polar surface area (TPSA) is 69.4 Å². The average molecular weight is 323 g/mol. The van der Waals surface area contributed by atoms with E-state index in [9.17, 15) is 34.8 Å². The molecule has 0 bridgehead atoms. The van der Waals surface area contributed by atoms with E-state index in [4.69, 9.17) is 5.73 Å². The Kier molecular flexibility index (Phi) is 4.25. The van der Waals surface area contributed by atoms with Gasteiger partial charge < -0.3 is 9.92 Å². The van der Waals surface area contributed by atoms with Crippen molar-refractivity contribution in [3.63, 3.8) is 0 Å². The average Bonchev–Trinajstić information content (AvgIpc) is 2.26. The van der Waals surface area contributed by atoms with E-state index in [-0.39, 0.29) is 0 Å². The summed E-state index contributed by atoms with van der Waals surface area (Å²) in [5, 5.41) is 0. The predicted molar refractivity (Wildman–Crippen MR) is 55.0 cm³/mol. The lowest BCUT2D eigenvalue weighted by Gasteiger charge is -2.16. The molecular formula is C9H7F6NO3S. The van der Waals surface area contributed by atoms with Gasteiger partial charge in [0.15, 0.2) is 0 Å². The number of hydrogen-bond acceptors (Lipinski definition) is 4. The van der Waals surface area contributed by atoms with Gasteiger partial charge in [0.05, 0.1) is 0 Å². The molecule has 1 rings (SSSR count). The van der Waals surface area contributed by atoms with E-state index in [1.807, 2.05) is 0 Å². The molecule has 0 spiro atoms. The first-order valence-electron chi connectivity index (χ1n) is 4.77. The molecule has 20 heavy (non-hydrogen) atoms. The Hall–Kier alpha value is -1.49. The number of hydrogen-bond donors (Lipinski definition) is 1. The van der Waals surface area contributed by atoms with Crippen molar-refractivity contribution in [3.8, 4) is 5.75 Å². The molecule has 0 heterocycles. The van der Waals surface area contributed by atoms with E-state index in [0.29, 0.717) is 12.1 Å². The van der Waals surface area contributed by atoms with Crippen LogP contribution in [0, 0.1) is 0 Å². The molecule has 0 radical (unpaired) electrons. The minimum absolute atomic E-state index is 0.450. The second-order valence-corrected chi connectivity index (χ2v) is 5.11. The van der Waals surface area contributed by atoms with Gasteiger partial charge >= 0.3 is 21.8 Å². The molecule has 1 atom stereocenters. The van der Waals surface area contributed by atoms with Crippen LogP contribution in [0.1, 0.15) is 11.6 Å². The van der Waals surface area contributed by atoms with E-state index in [0.717, 1.165) is 12.1 Å². The third kappa shape index (κ3) is 3.76. The SMILES string of the molecule is N[C@@H](c1ccc(OS(=O)(=O)C(F)(F)F)cc1)C(F)(F)F. The van der Waals surface area contributed by atoms with Crippen LogP contribution in [0.4, 0.5) is 26.3 Å². The van der Waals surface area contributed by atoms with Crippen molar-refractivity contribution in [2.24, 2.45) is 5.73 Å². The Morgan fingerprint density at radius 1 is 1.00 bits per heavy atom. The molecule has 0 aliphatic rings. The first kappa shape index (κ1) is 16.6. The molecule has 0 aliphatic carbocycles. The maximum Gasteiger partial charge on any atom is 0.534 e. The standard InChI is InChI=1S/C9H7F6NO3S/c10-8(11,12)7(16)5-1-3-6(4-2-5)19-20(17,18)9(13,14)15/h1-4,7H,16H2/t7-/m0/s1. The third-order valence-electron chi connectivity index (χ3n) is 2.08. The molecule has 0 unspecified atom stereocenters. The fourth-order valence-electron chi connectivity index (χ4n) is 1.09. The van der Waals surface area contributed by atoms with Gasteiger partial charge in [-0.3, -0.25) is 0 Å². The zero-order chi connectivity index (χ0) is 15.8. The highest BCUT2D eigenvalue weighted by atomic mass is 32.2. The molecule has 0 aliphatic heterocycles. The highest BCUT2D eigenvalue weighted by Gasteiger charge is 2.48. The van der Waals surface area contributed by atoms with Crippen molar-refractivity contribution in [2.45, 2.75) is 17.7 Å². The molecule has 0 fully saturated rings. The monoisotopic (exact) mass is 323 g/mol. The van der Waals surface area contributed by atoms with Gasteiger partial charge in [-0.2, -0.15) is 34.8 Å². The van der Waals surface area contributed by atoms with Gasteiger partial charge in [0.25, 0.3) is 0 Å². The van der Waals surface area contributed by atoms with Crippen LogP contribution in [-0.4, -0.2) is 20.1 Å². The van der Waals surface area contributed by atoms with Crippen molar-refractivity contribution >= 4 is 10.1 Å². The maximum atomic E-state index is 12.3. The number of halogens is 6. The fourth-order valence-corrected chi connectivity index (χ4v) is 1.55. The van der Waals surface area contributed by atoms with Crippen LogP contribution >= 0.6 is 0 Å². The molecule has 0 saturated carbocycles. The Labute approximate surface area is 109 Å². The summed E-state index contributed by atoms with van der Waals surface area (Å²) in [5.41, 5.74) is -1.23. The lowest BCUT2D eigenvalue weighted by molar-refractivity contribution is -0.149. The highest BCUT2D eigenvalue weighted by molar-refractivity contribution is 7.87. The summed E-state index contributed by atoms with van der Waals surface area (Å²) in [6, 6.07) is 0.392. The lowest BCUT2D eigenvalue weighted by Crippen LogP contribution is -2.29. The summed E-state index contributed by atoms with van der Waals surface area (Å²) in [7, 11) is -5.87. The van der Waals surface area contributed by atoms with Crippen molar-refractivity contribution in [3.05, 3.63) is 29.8 Å². The van der Waals surface area contributed by atoms with Gasteiger partial charge in [0.2, 0.25) is 0 Å². The van der Waals surface area contributed by atoms with Crippen LogP contribution in [0.3, 0.4) is 0 Å². The first-order valence-corrected chi connectivity index (χ1v) is 6.18. The molecule has 1 aromatic rings. The number of benzene rings is 1. The number of alkyl halides is 6. The number of rotatable bonds is 3. The van der Waals surface area contributed by atoms with Gasteiger partial charge in [-0.05, 0) is 17.7 Å². The Bertz CT molecular complexity index is 563. The van der Waals surface area contributed by atoms with Crippen LogP contribution in [0.15, 0.2) is 24.3 Å². The van der Waals surface area contributed by atoms with Crippen LogP contribution in [-0.2, 0) is 10.1 Å². The van der Waals surface area contributed by atoms with Gasteiger partial charge in [0.1, 0.15) is 11.8 Å². The third-order valence-corrected chi connectivity index (χ3v) is 3.06. The van der Waals surface area contributed by atoms with E-state index >= 15 is 0 Å². The second-order valence-electron chi connectivity index (χ2n) is 3.57. The van der Waals surface area contributed by atoms with Crippen molar-refractivity contribution in [1.82, 2.24) is 0 Å². The molecule has 0 saturated heterocycles. The lowest BCUT2D eigenvalue weighted by atomic mass is 10.1. The van der Waals surface area contributed by atoms with E-state index in [1.165, 1.54) is 0 Å². The summed E-state index contributed by atoms with van der Waals surface area (Å²) in [5.74, 6) is -0.777. The molecule has 1 aromatic carbocycles. The van der Waals surface area contributed by atoms with E-state index in [2.05, 4.69) is 4.18 Å². The molecule has 114 valence electrons. The summed E-state index contributed by atoms with van der Waals surface area (Å²) in [6.45, 7) is 0. The van der Waals surface area contributed by atoms with Gasteiger partial charge in [-0.25, -0.2) is 0 Å². The molecular weight excluding hydrogens is 316 g/mol. The van der Waals surface area contributed by atoms with Crippen LogP contribution < -0.4 is 9.92 Å². The molecule has 0 amide bonds. The van der Waals surface area contributed by atoms with E-state index < -0.39 is 39.2 Å². The molecule has 4 nitrogen and oxygen atoms in total. The number of nitrogens with two attached hydrogens (primary N) is 1. The second kappa shape index (κ2) is 5.13. The highest BCUT2D eigenvalue weighted by Crippen LogP contribution is 2.32. The first-order chi connectivity index (χ1) is 8.84. The zero-order valence-electron chi connectivity index (χ0n) is 9.36. The summed E-state index contributed by atoms with van der Waals surface area (Å²) in [4.78, 5) is 0. The van der Waals surface area contributed by atoms with Crippen LogP contribution in [0.25, 0.3) is 0 Å². The summed E-state index contributed by atoms with van der Waals surface area (Å²) < 4.78 is 97.8. The Morgan fingerprint density at radius 3 is 1.80 bits per heavy atom. The van der Waals surface area contributed by atoms with Gasteiger partial charge in [-0.1, -0.05) is 12.1 Å². The van der Waals surface area contributed by atoms with Crippen LogP contribution in [0.2, 0.25) is 0 Å². The molecule has 0 aromatic heterocycles. The quantitative estimate of drug-likeness (QED) is 0.527. The van der Waals surface area contributed by atoms with E-state index in [1.54, 1.807) is 0 Å². The normalized spacial score (nSPS) is 14.9. The molecule has 2 N–H and O–H groups in total. The largest absolute Gasteiger partial charge is 0.534 e. The van der Waals surface area contributed by atoms with Crippen molar-refractivity contribution < 1.29 is 38.9 Å². The smallest absolute Gasteiger partial charge is 0.376 e. The minimum Gasteiger partial charge on any atom is -0.376 e. The summed E-state index contributed by atoms with van der Waals surface area (Å²) >= 11 is 0. The summed E-state index contributed by atoms with van der Waals surface area (Å²) in [6.07, 6.45) is -4.74. The van der Waals surface area contributed by atoms with Crippen LogP contribution in [0.5, 0.6) is 5.75 Å². The maximum absolute atomic E-state index is 12.3. The molecule has 11 heteroatoms. The van der Waals surface area contributed by atoms with Gasteiger partial charge in [-0.15, -0.1) is 0 Å². The minimum atomic E-state index is -5.87.